The lowest BCUT2D eigenvalue weighted by Crippen LogP contribution is -2.09. The molecule has 0 amide bonds. The van der Waals surface area contributed by atoms with Gasteiger partial charge in [0.2, 0.25) is 5.75 Å². The number of methoxy groups -OCH3 is 3. The summed E-state index contributed by atoms with van der Waals surface area (Å²) >= 11 is 0. The van der Waals surface area contributed by atoms with E-state index >= 15 is 0 Å². The minimum Gasteiger partial charge on any atom is -0.502 e. The van der Waals surface area contributed by atoms with Crippen LogP contribution in [0.3, 0.4) is 0 Å². The van der Waals surface area contributed by atoms with Crippen molar-refractivity contribution in [3.05, 3.63) is 64.0 Å². The van der Waals surface area contributed by atoms with Gasteiger partial charge in [-0.3, -0.25) is 9.59 Å². The third kappa shape index (κ3) is 3.68. The van der Waals surface area contributed by atoms with E-state index in [1.807, 2.05) is 6.07 Å². The van der Waals surface area contributed by atoms with Gasteiger partial charge in [-0.25, -0.2) is 0 Å². The van der Waals surface area contributed by atoms with Gasteiger partial charge in [0.05, 0.1) is 26.8 Å². The Labute approximate surface area is 160 Å². The zero-order valence-corrected chi connectivity index (χ0v) is 15.6. The standard InChI is InChI=1S/C21H19NO6/c1-26-15-6-4-12-8-13(21(25)22-16(12)11-15)5-7-17(23)14-9-18(27-2)20(24)19(10-14)28-3/h4-11,24H,1-3H3,(H,22,25)/b7-5+. The van der Waals surface area contributed by atoms with Crippen molar-refractivity contribution in [1.82, 2.24) is 4.98 Å². The summed E-state index contributed by atoms with van der Waals surface area (Å²) in [7, 11) is 4.31. The minimum absolute atomic E-state index is 0.119. The van der Waals surface area contributed by atoms with Crippen molar-refractivity contribution in [3.8, 4) is 23.0 Å². The molecular formula is C21H19NO6. The highest BCUT2D eigenvalue weighted by atomic mass is 16.5. The quantitative estimate of drug-likeness (QED) is 0.503. The van der Waals surface area contributed by atoms with Crippen molar-refractivity contribution in [2.24, 2.45) is 0 Å². The van der Waals surface area contributed by atoms with Crippen molar-refractivity contribution < 1.29 is 24.1 Å². The highest BCUT2D eigenvalue weighted by molar-refractivity contribution is 6.07. The first kappa shape index (κ1) is 19.0. The number of aromatic hydroxyl groups is 1. The summed E-state index contributed by atoms with van der Waals surface area (Å²) in [5.74, 6) is 0.316. The number of H-pyrrole nitrogens is 1. The van der Waals surface area contributed by atoms with Crippen molar-refractivity contribution in [3.63, 3.8) is 0 Å². The number of carbonyl (C=O) groups is 1. The predicted molar refractivity (Wildman–Crippen MR) is 106 cm³/mol. The molecule has 0 saturated heterocycles. The molecule has 0 aliphatic heterocycles. The molecule has 7 heteroatoms. The van der Waals surface area contributed by atoms with Crippen LogP contribution in [0.4, 0.5) is 0 Å². The summed E-state index contributed by atoms with van der Waals surface area (Å²) in [5, 5.41) is 10.7. The molecule has 1 heterocycles. The Morgan fingerprint density at radius 2 is 1.68 bits per heavy atom. The van der Waals surface area contributed by atoms with E-state index in [9.17, 15) is 14.7 Å². The number of allylic oxidation sites excluding steroid dienone is 1. The van der Waals surface area contributed by atoms with Crippen LogP contribution in [-0.2, 0) is 0 Å². The fourth-order valence-electron chi connectivity index (χ4n) is 2.75. The van der Waals surface area contributed by atoms with Crippen LogP contribution in [0.5, 0.6) is 23.0 Å². The molecule has 0 unspecified atom stereocenters. The normalized spacial score (nSPS) is 11.0. The van der Waals surface area contributed by atoms with Gasteiger partial charge in [0.25, 0.3) is 5.56 Å². The van der Waals surface area contributed by atoms with E-state index in [2.05, 4.69) is 4.98 Å². The van der Waals surface area contributed by atoms with Gasteiger partial charge in [-0.15, -0.1) is 0 Å². The number of phenolic OH excluding ortho intramolecular Hbond substituents is 1. The number of benzene rings is 2. The first-order chi connectivity index (χ1) is 13.5. The molecule has 0 saturated carbocycles. The molecule has 0 spiro atoms. The molecule has 0 aliphatic carbocycles. The molecule has 28 heavy (non-hydrogen) atoms. The summed E-state index contributed by atoms with van der Waals surface area (Å²) in [5.41, 5.74) is 0.903. The van der Waals surface area contributed by atoms with E-state index in [0.29, 0.717) is 16.8 Å². The van der Waals surface area contributed by atoms with Crippen LogP contribution in [-0.4, -0.2) is 37.2 Å². The number of aromatic nitrogens is 1. The Kier molecular flexibility index (Phi) is 5.35. The molecular weight excluding hydrogens is 362 g/mol. The maximum atomic E-state index is 12.5. The van der Waals surface area contributed by atoms with Gasteiger partial charge < -0.3 is 24.3 Å². The number of phenols is 1. The topological polar surface area (TPSA) is 97.8 Å². The Balaban J connectivity index is 1.94. The molecule has 2 N–H and O–H groups in total. The lowest BCUT2D eigenvalue weighted by Gasteiger charge is -2.09. The number of carbonyl (C=O) groups excluding carboxylic acids is 1. The minimum atomic E-state index is -0.370. The number of aromatic amines is 1. The molecule has 144 valence electrons. The molecule has 0 aliphatic rings. The predicted octanol–water partition coefficient (Wildman–Crippen LogP) is 3.16. The first-order valence-corrected chi connectivity index (χ1v) is 8.35. The molecule has 0 fully saturated rings. The largest absolute Gasteiger partial charge is 0.502 e. The second-order valence-electron chi connectivity index (χ2n) is 5.93. The number of nitrogens with one attached hydrogen (secondary N) is 1. The van der Waals surface area contributed by atoms with Crippen molar-refractivity contribution in [1.29, 1.82) is 0 Å². The monoisotopic (exact) mass is 381 g/mol. The van der Waals surface area contributed by atoms with Gasteiger partial charge in [-0.1, -0.05) is 0 Å². The van der Waals surface area contributed by atoms with Gasteiger partial charge >= 0.3 is 0 Å². The van der Waals surface area contributed by atoms with Gasteiger partial charge in [0.15, 0.2) is 17.3 Å². The van der Waals surface area contributed by atoms with Crippen molar-refractivity contribution >= 4 is 22.8 Å². The summed E-state index contributed by atoms with van der Waals surface area (Å²) in [4.78, 5) is 27.6. The van der Waals surface area contributed by atoms with Gasteiger partial charge in [-0.2, -0.15) is 0 Å². The van der Waals surface area contributed by atoms with Crippen LogP contribution in [0.25, 0.3) is 17.0 Å². The maximum absolute atomic E-state index is 12.5. The molecule has 3 aromatic rings. The zero-order chi connectivity index (χ0) is 20.3. The van der Waals surface area contributed by atoms with Crippen molar-refractivity contribution in [2.45, 2.75) is 0 Å². The fourth-order valence-corrected chi connectivity index (χ4v) is 2.75. The highest BCUT2D eigenvalue weighted by Gasteiger charge is 2.14. The summed E-state index contributed by atoms with van der Waals surface area (Å²) in [6.45, 7) is 0. The lowest BCUT2D eigenvalue weighted by atomic mass is 10.1. The number of fused-ring (bicyclic) bond motifs is 1. The average molecular weight is 381 g/mol. The zero-order valence-electron chi connectivity index (χ0n) is 15.6. The van der Waals surface area contributed by atoms with Crippen LogP contribution >= 0.6 is 0 Å². The van der Waals surface area contributed by atoms with E-state index in [0.717, 1.165) is 5.39 Å². The number of hydrogen-bond acceptors (Lipinski definition) is 6. The van der Waals surface area contributed by atoms with Gasteiger partial charge in [0, 0.05) is 17.2 Å². The number of rotatable bonds is 6. The molecule has 3 rings (SSSR count). The van der Waals surface area contributed by atoms with Crippen LogP contribution in [0.15, 0.2) is 47.3 Å². The van der Waals surface area contributed by atoms with Crippen LogP contribution in [0.2, 0.25) is 0 Å². The SMILES string of the molecule is COc1ccc2cc(/C=C/C(=O)c3cc(OC)c(O)c(OC)c3)c(=O)[nH]c2c1. The van der Waals surface area contributed by atoms with E-state index in [4.69, 9.17) is 14.2 Å². The number of hydrogen-bond donors (Lipinski definition) is 2. The summed E-state index contributed by atoms with van der Waals surface area (Å²) in [6, 6.07) is 9.83. The second kappa shape index (κ2) is 7.87. The first-order valence-electron chi connectivity index (χ1n) is 8.35. The van der Waals surface area contributed by atoms with Gasteiger partial charge in [-0.05, 0) is 47.9 Å². The summed E-state index contributed by atoms with van der Waals surface area (Å²) in [6.07, 6.45) is 2.72. The molecule has 0 radical (unpaired) electrons. The smallest absolute Gasteiger partial charge is 0.255 e. The van der Waals surface area contributed by atoms with E-state index < -0.39 is 0 Å². The van der Waals surface area contributed by atoms with E-state index in [-0.39, 0.29) is 34.2 Å². The Hall–Kier alpha value is -3.74. The van der Waals surface area contributed by atoms with Crippen molar-refractivity contribution in [2.75, 3.05) is 21.3 Å². The number of ether oxygens (including phenoxy) is 3. The molecule has 2 aromatic carbocycles. The maximum Gasteiger partial charge on any atom is 0.255 e. The number of ketones is 1. The Morgan fingerprint density at radius 1 is 1.00 bits per heavy atom. The van der Waals surface area contributed by atoms with E-state index in [1.54, 1.807) is 25.3 Å². The highest BCUT2D eigenvalue weighted by Crippen LogP contribution is 2.37. The Bertz CT molecular complexity index is 1100. The molecule has 7 nitrogen and oxygen atoms in total. The van der Waals surface area contributed by atoms with E-state index in [1.165, 1.54) is 38.5 Å². The number of pyridine rings is 1. The van der Waals surface area contributed by atoms with Crippen LogP contribution in [0, 0.1) is 0 Å². The molecule has 0 bridgehead atoms. The van der Waals surface area contributed by atoms with Crippen LogP contribution in [0.1, 0.15) is 15.9 Å². The molecule has 0 atom stereocenters. The lowest BCUT2D eigenvalue weighted by molar-refractivity contribution is 0.104. The fraction of sp³-hybridized carbons (Fsp3) is 0.143. The van der Waals surface area contributed by atoms with Crippen LogP contribution < -0.4 is 19.8 Å². The third-order valence-electron chi connectivity index (χ3n) is 4.26. The third-order valence-corrected chi connectivity index (χ3v) is 4.26. The summed E-state index contributed by atoms with van der Waals surface area (Å²) < 4.78 is 15.3. The average Bonchev–Trinajstić information content (AvgIpc) is 2.71. The molecule has 1 aromatic heterocycles. The second-order valence-corrected chi connectivity index (χ2v) is 5.93. The Morgan fingerprint density at radius 3 is 2.29 bits per heavy atom. The van der Waals surface area contributed by atoms with Gasteiger partial charge in [0.1, 0.15) is 5.75 Å².